The van der Waals surface area contributed by atoms with Gasteiger partial charge in [-0.3, -0.25) is 0 Å². The summed E-state index contributed by atoms with van der Waals surface area (Å²) >= 11 is 3.71. The maximum Gasteiger partial charge on any atom is 0.0279 e. The molecule has 2 N–H and O–H groups in total. The van der Waals surface area contributed by atoms with Gasteiger partial charge in [-0.25, -0.2) is 0 Å². The minimum atomic E-state index is 0. The first-order chi connectivity index (χ1) is 4.93. The van der Waals surface area contributed by atoms with Crippen molar-refractivity contribution in [2.24, 2.45) is 5.73 Å². The third kappa shape index (κ3) is 4.85. The van der Waals surface area contributed by atoms with E-state index in [1.807, 2.05) is 23.1 Å². The largest absolute Gasteiger partial charge is 0.330 e. The van der Waals surface area contributed by atoms with Gasteiger partial charge in [-0.15, -0.1) is 28.3 Å². The van der Waals surface area contributed by atoms with Gasteiger partial charge in [0.05, 0.1) is 0 Å². The highest BCUT2D eigenvalue weighted by Gasteiger charge is 1.91. The maximum absolute atomic E-state index is 5.35. The Morgan fingerprint density at radius 2 is 2.36 bits per heavy atom. The van der Waals surface area contributed by atoms with Gasteiger partial charge in [-0.2, -0.15) is 11.8 Å². The molecule has 0 radical (unpaired) electrons. The van der Waals surface area contributed by atoms with Crippen LogP contribution in [0, 0.1) is 0 Å². The van der Waals surface area contributed by atoms with Crippen molar-refractivity contribution in [2.45, 2.75) is 5.75 Å². The molecule has 1 heterocycles. The van der Waals surface area contributed by atoms with Crippen LogP contribution in [0.2, 0.25) is 0 Å². The second kappa shape index (κ2) is 7.16. The Morgan fingerprint density at radius 3 is 2.91 bits per heavy atom. The van der Waals surface area contributed by atoms with E-state index < -0.39 is 0 Å². The molecule has 0 aliphatic carbocycles. The summed E-state index contributed by atoms with van der Waals surface area (Å²) in [5.41, 5.74) is 5.35. The van der Waals surface area contributed by atoms with Crippen molar-refractivity contribution in [2.75, 3.05) is 12.3 Å². The molecule has 4 heteroatoms. The minimum absolute atomic E-state index is 0. The first kappa shape index (κ1) is 11.5. The van der Waals surface area contributed by atoms with E-state index in [9.17, 15) is 0 Å². The molecule has 0 spiro atoms. The fraction of sp³-hybridized carbons (Fsp3) is 0.429. The molecule has 0 atom stereocenters. The molecule has 0 saturated heterocycles. The molecule has 0 fully saturated rings. The van der Waals surface area contributed by atoms with Gasteiger partial charge < -0.3 is 5.73 Å². The van der Waals surface area contributed by atoms with Gasteiger partial charge in [-0.1, -0.05) is 6.07 Å². The zero-order valence-corrected chi connectivity index (χ0v) is 9.50. The van der Waals surface area contributed by atoms with Gasteiger partial charge in [0.2, 0.25) is 0 Å². The van der Waals surface area contributed by atoms with Crippen molar-refractivity contribution in [3.8, 4) is 0 Å². The lowest BCUT2D eigenvalue weighted by molar-refractivity contribution is 1.15. The molecule has 1 aromatic heterocycles. The number of hydrogen-bond donors (Lipinski definition) is 1. The lowest BCUT2D eigenvalue weighted by Crippen LogP contribution is -2.00. The third-order valence-electron chi connectivity index (χ3n) is 1.09. The summed E-state index contributed by atoms with van der Waals surface area (Å²) in [7, 11) is 0. The van der Waals surface area contributed by atoms with Gasteiger partial charge in [0.15, 0.2) is 0 Å². The molecule has 0 aromatic carbocycles. The van der Waals surface area contributed by atoms with E-state index in [1.54, 1.807) is 0 Å². The van der Waals surface area contributed by atoms with Crippen LogP contribution in [0.5, 0.6) is 0 Å². The Morgan fingerprint density at radius 1 is 1.55 bits per heavy atom. The van der Waals surface area contributed by atoms with E-state index in [1.165, 1.54) is 4.88 Å². The molecule has 1 aromatic rings. The van der Waals surface area contributed by atoms with E-state index >= 15 is 0 Å². The Labute approximate surface area is 86.1 Å². The molecule has 0 bridgehead atoms. The van der Waals surface area contributed by atoms with Crippen molar-refractivity contribution in [3.05, 3.63) is 22.4 Å². The molecule has 1 rings (SSSR count). The van der Waals surface area contributed by atoms with Crippen molar-refractivity contribution in [3.63, 3.8) is 0 Å². The predicted molar refractivity (Wildman–Crippen MR) is 59.9 cm³/mol. The highest BCUT2D eigenvalue weighted by molar-refractivity contribution is 8.93. The maximum atomic E-state index is 5.35. The molecule has 0 aliphatic rings. The quantitative estimate of drug-likeness (QED) is 0.835. The fourth-order valence-corrected chi connectivity index (χ4v) is 2.27. The van der Waals surface area contributed by atoms with E-state index in [0.717, 1.165) is 18.1 Å². The normalized spacial score (nSPS) is 9.18. The Bertz CT molecular complexity index is 165. The number of hydrogen-bond acceptors (Lipinski definition) is 3. The molecule has 64 valence electrons. The third-order valence-corrected chi connectivity index (χ3v) is 3.19. The van der Waals surface area contributed by atoms with Crippen LogP contribution in [0.3, 0.4) is 0 Å². The minimum Gasteiger partial charge on any atom is -0.330 e. The average molecular weight is 254 g/mol. The molecular formula is C7H12BrNS2. The first-order valence-corrected chi connectivity index (χ1v) is 5.27. The van der Waals surface area contributed by atoms with Gasteiger partial charge in [-0.05, 0) is 11.4 Å². The Hall–Kier alpha value is 0.490. The van der Waals surface area contributed by atoms with Crippen molar-refractivity contribution < 1.29 is 0 Å². The van der Waals surface area contributed by atoms with Gasteiger partial charge in [0, 0.05) is 22.9 Å². The molecule has 0 amide bonds. The summed E-state index contributed by atoms with van der Waals surface area (Å²) < 4.78 is 0. The molecule has 0 unspecified atom stereocenters. The lowest BCUT2D eigenvalue weighted by Gasteiger charge is -1.94. The molecule has 0 aliphatic heterocycles. The molecule has 0 saturated carbocycles. The summed E-state index contributed by atoms with van der Waals surface area (Å²) in [5.74, 6) is 2.19. The molecule has 11 heavy (non-hydrogen) atoms. The van der Waals surface area contributed by atoms with Gasteiger partial charge in [0.1, 0.15) is 0 Å². The highest BCUT2D eigenvalue weighted by Crippen LogP contribution is 2.15. The second-order valence-corrected chi connectivity index (χ2v) is 4.06. The summed E-state index contributed by atoms with van der Waals surface area (Å²) in [6.45, 7) is 0.788. The first-order valence-electron chi connectivity index (χ1n) is 3.23. The number of rotatable bonds is 4. The number of halogens is 1. The smallest absolute Gasteiger partial charge is 0.0279 e. The number of thiophene rings is 1. The monoisotopic (exact) mass is 253 g/mol. The predicted octanol–water partition coefficient (Wildman–Crippen LogP) is 2.52. The zero-order chi connectivity index (χ0) is 7.23. The van der Waals surface area contributed by atoms with Crippen LogP contribution >= 0.6 is 40.1 Å². The van der Waals surface area contributed by atoms with Crippen LogP contribution in [0.4, 0.5) is 0 Å². The van der Waals surface area contributed by atoms with Crippen molar-refractivity contribution >= 4 is 40.1 Å². The van der Waals surface area contributed by atoms with Crippen LogP contribution in [0.15, 0.2) is 17.5 Å². The SMILES string of the molecule is Br.NCCSCc1cccs1. The van der Waals surface area contributed by atoms with E-state index in [0.29, 0.717) is 0 Å². The Kier molecular flexibility index (Phi) is 7.47. The highest BCUT2D eigenvalue weighted by atomic mass is 79.9. The van der Waals surface area contributed by atoms with Crippen LogP contribution in [0.25, 0.3) is 0 Å². The van der Waals surface area contributed by atoms with Crippen LogP contribution in [-0.2, 0) is 5.75 Å². The lowest BCUT2D eigenvalue weighted by atomic mass is 10.5. The topological polar surface area (TPSA) is 26.0 Å². The van der Waals surface area contributed by atoms with Crippen molar-refractivity contribution in [1.82, 2.24) is 0 Å². The number of thioether (sulfide) groups is 1. The second-order valence-electron chi connectivity index (χ2n) is 1.92. The standard InChI is InChI=1S/C7H11NS2.BrH/c8-3-5-9-6-7-2-1-4-10-7;/h1-2,4H,3,5-6,8H2;1H. The summed E-state index contributed by atoms with van der Waals surface area (Å²) in [6.07, 6.45) is 0. The summed E-state index contributed by atoms with van der Waals surface area (Å²) in [4.78, 5) is 1.44. The Balaban J connectivity index is 0.000001000. The van der Waals surface area contributed by atoms with Gasteiger partial charge in [0.25, 0.3) is 0 Å². The van der Waals surface area contributed by atoms with Crippen molar-refractivity contribution in [1.29, 1.82) is 0 Å². The molecular weight excluding hydrogens is 242 g/mol. The average Bonchev–Trinajstić information content (AvgIpc) is 2.41. The van der Waals surface area contributed by atoms with Crippen LogP contribution < -0.4 is 5.73 Å². The van der Waals surface area contributed by atoms with E-state index in [2.05, 4.69) is 17.5 Å². The van der Waals surface area contributed by atoms with E-state index in [-0.39, 0.29) is 17.0 Å². The van der Waals surface area contributed by atoms with Gasteiger partial charge >= 0.3 is 0 Å². The number of nitrogens with two attached hydrogens (primary N) is 1. The van der Waals surface area contributed by atoms with Crippen LogP contribution in [0.1, 0.15) is 4.88 Å². The summed E-state index contributed by atoms with van der Waals surface area (Å²) in [5, 5.41) is 2.11. The molecule has 1 nitrogen and oxygen atoms in total. The summed E-state index contributed by atoms with van der Waals surface area (Å²) in [6, 6.07) is 4.25. The zero-order valence-electron chi connectivity index (χ0n) is 6.16. The fourth-order valence-electron chi connectivity index (χ4n) is 0.651. The van der Waals surface area contributed by atoms with Crippen LogP contribution in [-0.4, -0.2) is 12.3 Å². The van der Waals surface area contributed by atoms with E-state index in [4.69, 9.17) is 5.73 Å².